The molecule has 0 aliphatic carbocycles. The van der Waals surface area contributed by atoms with Gasteiger partial charge >= 0.3 is 5.69 Å². The molecule has 5 rings (SSSR count). The lowest BCUT2D eigenvalue weighted by molar-refractivity contribution is 0.649. The molecule has 0 radical (unpaired) electrons. The van der Waals surface area contributed by atoms with Gasteiger partial charge in [-0.2, -0.15) is 5.21 Å². The predicted molar refractivity (Wildman–Crippen MR) is 124 cm³/mol. The van der Waals surface area contributed by atoms with E-state index < -0.39 is 0 Å². The van der Waals surface area contributed by atoms with Crippen LogP contribution in [0, 0.1) is 6.92 Å². The number of nitrogens with one attached hydrogen (secondary N) is 1. The highest BCUT2D eigenvalue weighted by Gasteiger charge is 2.18. The van der Waals surface area contributed by atoms with Crippen LogP contribution >= 0.6 is 0 Å². The highest BCUT2D eigenvalue weighted by Crippen LogP contribution is 2.30. The Bertz CT molecular complexity index is 1570. The molecule has 5 aromatic rings. The molecule has 0 bridgehead atoms. The average Bonchev–Trinajstić information content (AvgIpc) is 3.47. The Morgan fingerprint density at radius 2 is 1.70 bits per heavy atom. The third kappa shape index (κ3) is 3.36. The van der Waals surface area contributed by atoms with Gasteiger partial charge in [0.05, 0.1) is 0 Å². The zero-order valence-electron chi connectivity index (χ0n) is 18.5. The van der Waals surface area contributed by atoms with Gasteiger partial charge in [0, 0.05) is 25.7 Å². The molecular weight excluding hydrogens is 420 g/mol. The topological polar surface area (TPSA) is 116 Å². The molecule has 0 saturated heterocycles. The number of imidazole rings is 1. The number of aromatic nitrogens is 8. The molecule has 0 fully saturated rings. The number of benzene rings is 2. The molecule has 2 aromatic carbocycles. The molecule has 0 spiro atoms. The molecule has 1 N–H and O–H groups in total. The van der Waals surface area contributed by atoms with Crippen molar-refractivity contribution in [2.75, 3.05) is 0 Å². The Morgan fingerprint density at radius 3 is 2.36 bits per heavy atom. The van der Waals surface area contributed by atoms with Gasteiger partial charge in [-0.3, -0.25) is 13.9 Å². The van der Waals surface area contributed by atoms with E-state index in [1.807, 2.05) is 66.9 Å². The fourth-order valence-electron chi connectivity index (χ4n) is 4.12. The standard InChI is InChI=1S/C23H22N8O2/c1-4-30-21-19(22(32)29(3)23(30)33)31(14(2)24-21)13-15-9-11-16(12-10-15)17-7-5-6-8-18(17)20-25-27-28-26-20/h5-12H,4,13H2,1-3H3,(H,25,26,27,28). The molecule has 10 heteroatoms. The van der Waals surface area contributed by atoms with Gasteiger partial charge in [0.25, 0.3) is 5.56 Å². The van der Waals surface area contributed by atoms with E-state index in [1.54, 1.807) is 0 Å². The molecule has 166 valence electrons. The summed E-state index contributed by atoms with van der Waals surface area (Å²) >= 11 is 0. The van der Waals surface area contributed by atoms with Gasteiger partial charge in [0.15, 0.2) is 11.2 Å². The van der Waals surface area contributed by atoms with Crippen molar-refractivity contribution >= 4 is 11.2 Å². The number of fused-ring (bicyclic) bond motifs is 1. The number of hydrogen-bond donors (Lipinski definition) is 1. The number of tetrazole rings is 1. The summed E-state index contributed by atoms with van der Waals surface area (Å²) in [5.41, 5.74) is 4.07. The largest absolute Gasteiger partial charge is 0.332 e. The molecule has 0 atom stereocenters. The number of aryl methyl sites for hydroxylation is 2. The fourth-order valence-corrected chi connectivity index (χ4v) is 4.12. The minimum Gasteiger partial charge on any atom is -0.318 e. The molecule has 0 aliphatic rings. The Hall–Kier alpha value is -4.34. The van der Waals surface area contributed by atoms with Crippen molar-refractivity contribution < 1.29 is 0 Å². The van der Waals surface area contributed by atoms with E-state index >= 15 is 0 Å². The van der Waals surface area contributed by atoms with E-state index in [1.165, 1.54) is 11.6 Å². The van der Waals surface area contributed by atoms with Crippen LogP contribution in [0.1, 0.15) is 18.3 Å². The first kappa shape index (κ1) is 20.6. The zero-order chi connectivity index (χ0) is 23.1. The Kier molecular flexibility index (Phi) is 4.97. The quantitative estimate of drug-likeness (QED) is 0.446. The first-order valence-corrected chi connectivity index (χ1v) is 10.6. The van der Waals surface area contributed by atoms with Crippen LogP contribution in [0.2, 0.25) is 0 Å². The third-order valence-electron chi connectivity index (χ3n) is 5.86. The minimum absolute atomic E-state index is 0.342. The SMILES string of the molecule is CCn1c(=O)n(C)c(=O)c2c1nc(C)n2Cc1ccc(-c2ccccc2-c2nn[nH]n2)cc1. The fraction of sp³-hybridized carbons (Fsp3) is 0.217. The van der Waals surface area contributed by atoms with Crippen molar-refractivity contribution in [3.05, 3.63) is 80.8 Å². The first-order chi connectivity index (χ1) is 16.0. The maximum atomic E-state index is 12.9. The summed E-state index contributed by atoms with van der Waals surface area (Å²) in [5, 5.41) is 14.4. The maximum absolute atomic E-state index is 12.9. The van der Waals surface area contributed by atoms with Crippen LogP contribution in [0.3, 0.4) is 0 Å². The van der Waals surface area contributed by atoms with E-state index in [0.29, 0.717) is 35.9 Å². The normalized spacial score (nSPS) is 11.4. The average molecular weight is 442 g/mol. The molecule has 0 amide bonds. The lowest BCUT2D eigenvalue weighted by Gasteiger charge is -2.11. The molecule has 0 saturated carbocycles. The Morgan fingerprint density at radius 1 is 0.970 bits per heavy atom. The van der Waals surface area contributed by atoms with Crippen LogP contribution in [0.25, 0.3) is 33.7 Å². The second-order valence-corrected chi connectivity index (χ2v) is 7.79. The van der Waals surface area contributed by atoms with Crippen molar-refractivity contribution in [3.8, 4) is 22.5 Å². The Balaban J connectivity index is 1.55. The highest BCUT2D eigenvalue weighted by molar-refractivity contribution is 5.80. The van der Waals surface area contributed by atoms with Gasteiger partial charge in [0.1, 0.15) is 5.82 Å². The van der Waals surface area contributed by atoms with Crippen molar-refractivity contribution in [2.24, 2.45) is 7.05 Å². The minimum atomic E-state index is -0.357. The summed E-state index contributed by atoms with van der Waals surface area (Å²) in [6.45, 7) is 4.62. The summed E-state index contributed by atoms with van der Waals surface area (Å²) in [7, 11) is 1.50. The first-order valence-electron chi connectivity index (χ1n) is 10.6. The summed E-state index contributed by atoms with van der Waals surface area (Å²) in [6.07, 6.45) is 0. The van der Waals surface area contributed by atoms with Crippen molar-refractivity contribution in [3.63, 3.8) is 0 Å². The molecule has 3 aromatic heterocycles. The molecule has 3 heterocycles. The van der Waals surface area contributed by atoms with Gasteiger partial charge in [-0.25, -0.2) is 9.78 Å². The number of H-pyrrole nitrogens is 1. The van der Waals surface area contributed by atoms with Crippen LogP contribution in [0.5, 0.6) is 0 Å². The van der Waals surface area contributed by atoms with E-state index in [0.717, 1.165) is 26.8 Å². The second kappa shape index (κ2) is 7.97. The molecule has 0 aliphatic heterocycles. The lowest BCUT2D eigenvalue weighted by Crippen LogP contribution is -2.38. The zero-order valence-corrected chi connectivity index (χ0v) is 18.5. The maximum Gasteiger partial charge on any atom is 0.332 e. The van der Waals surface area contributed by atoms with E-state index in [-0.39, 0.29) is 11.2 Å². The number of hydrogen-bond acceptors (Lipinski definition) is 6. The molecule has 10 nitrogen and oxygen atoms in total. The third-order valence-corrected chi connectivity index (χ3v) is 5.86. The van der Waals surface area contributed by atoms with Crippen LogP contribution in [0.15, 0.2) is 58.1 Å². The van der Waals surface area contributed by atoms with Crippen LogP contribution in [0.4, 0.5) is 0 Å². The summed E-state index contributed by atoms with van der Waals surface area (Å²) < 4.78 is 4.53. The highest BCUT2D eigenvalue weighted by atomic mass is 16.2. The summed E-state index contributed by atoms with van der Waals surface area (Å²) in [5.74, 6) is 1.22. The van der Waals surface area contributed by atoms with Gasteiger partial charge in [0.2, 0.25) is 5.82 Å². The second-order valence-electron chi connectivity index (χ2n) is 7.79. The van der Waals surface area contributed by atoms with Gasteiger partial charge in [-0.1, -0.05) is 48.5 Å². The van der Waals surface area contributed by atoms with Crippen LogP contribution < -0.4 is 11.2 Å². The molecule has 33 heavy (non-hydrogen) atoms. The van der Waals surface area contributed by atoms with Crippen LogP contribution in [-0.4, -0.2) is 39.3 Å². The number of rotatable bonds is 5. The molecule has 0 unspecified atom stereocenters. The van der Waals surface area contributed by atoms with Crippen LogP contribution in [-0.2, 0) is 20.1 Å². The van der Waals surface area contributed by atoms with Crippen molar-refractivity contribution in [1.82, 2.24) is 39.3 Å². The number of nitrogens with zero attached hydrogens (tertiary/aromatic N) is 7. The van der Waals surface area contributed by atoms with E-state index in [4.69, 9.17) is 0 Å². The Labute approximate surface area is 188 Å². The van der Waals surface area contributed by atoms with Gasteiger partial charge < -0.3 is 4.57 Å². The van der Waals surface area contributed by atoms with Crippen molar-refractivity contribution in [1.29, 1.82) is 0 Å². The molecular formula is C23H22N8O2. The summed E-state index contributed by atoms with van der Waals surface area (Å²) in [4.78, 5) is 29.9. The van der Waals surface area contributed by atoms with Gasteiger partial charge in [-0.15, -0.1) is 10.2 Å². The van der Waals surface area contributed by atoms with E-state index in [2.05, 4.69) is 25.6 Å². The monoisotopic (exact) mass is 442 g/mol. The predicted octanol–water partition coefficient (Wildman–Crippen LogP) is 2.12. The summed E-state index contributed by atoms with van der Waals surface area (Å²) in [6, 6.07) is 16.0. The number of aromatic amines is 1. The lowest BCUT2D eigenvalue weighted by atomic mass is 9.98. The van der Waals surface area contributed by atoms with E-state index in [9.17, 15) is 9.59 Å². The van der Waals surface area contributed by atoms with Gasteiger partial charge in [-0.05, 0) is 35.8 Å². The smallest absolute Gasteiger partial charge is 0.318 e. The van der Waals surface area contributed by atoms with Crippen molar-refractivity contribution in [2.45, 2.75) is 26.9 Å².